The van der Waals surface area contributed by atoms with Crippen LogP contribution in [0.2, 0.25) is 0 Å². The van der Waals surface area contributed by atoms with E-state index in [0.717, 1.165) is 6.07 Å². The summed E-state index contributed by atoms with van der Waals surface area (Å²) >= 11 is 0. The lowest BCUT2D eigenvalue weighted by Gasteiger charge is -2.33. The number of nitro groups is 1. The molecule has 0 spiro atoms. The van der Waals surface area contributed by atoms with Crippen LogP contribution in [0.5, 0.6) is 0 Å². The first kappa shape index (κ1) is 18.9. The molecule has 1 aromatic carbocycles. The van der Waals surface area contributed by atoms with E-state index >= 15 is 0 Å². The van der Waals surface area contributed by atoms with Crippen molar-refractivity contribution in [2.24, 2.45) is 0 Å². The van der Waals surface area contributed by atoms with Gasteiger partial charge in [0, 0.05) is 44.0 Å². The molecule has 27 heavy (non-hydrogen) atoms. The standard InChI is InChI=1S/C17H17F3N4O3/c1-22-6-8-23(9-7-22)16-13(15(25)17(18,19)20)10-14(21-16)11-2-4-12(5-3-11)24(26)27/h2-5,10,21H,6-9H2,1H3. The van der Waals surface area contributed by atoms with E-state index in [-0.39, 0.29) is 11.5 Å². The number of carbonyl (C=O) groups is 1. The minimum Gasteiger partial charge on any atom is -0.355 e. The Hall–Kier alpha value is -2.88. The van der Waals surface area contributed by atoms with Crippen LogP contribution in [0.1, 0.15) is 10.4 Å². The monoisotopic (exact) mass is 382 g/mol. The molecule has 3 rings (SSSR count). The molecule has 1 aliphatic heterocycles. The molecule has 0 aliphatic carbocycles. The Labute approximate surface area is 152 Å². The molecular weight excluding hydrogens is 365 g/mol. The smallest absolute Gasteiger partial charge is 0.355 e. The van der Waals surface area contributed by atoms with Crippen molar-refractivity contribution >= 4 is 17.3 Å². The van der Waals surface area contributed by atoms with Crippen molar-refractivity contribution in [3.63, 3.8) is 0 Å². The second kappa shape index (κ2) is 7.03. The number of rotatable bonds is 4. The average Bonchev–Trinajstić information content (AvgIpc) is 3.06. The number of non-ortho nitro benzene ring substituents is 1. The number of H-pyrrole nitrogens is 1. The summed E-state index contributed by atoms with van der Waals surface area (Å²) in [4.78, 5) is 28.8. The Morgan fingerprint density at radius 1 is 1.15 bits per heavy atom. The highest BCUT2D eigenvalue weighted by molar-refractivity contribution is 6.05. The fourth-order valence-electron chi connectivity index (χ4n) is 2.97. The predicted molar refractivity (Wildman–Crippen MR) is 93.0 cm³/mol. The van der Waals surface area contributed by atoms with Crippen LogP contribution in [0.15, 0.2) is 30.3 Å². The number of ketones is 1. The van der Waals surface area contributed by atoms with Crippen LogP contribution in [0.4, 0.5) is 24.7 Å². The zero-order valence-corrected chi connectivity index (χ0v) is 14.4. The third kappa shape index (κ3) is 3.95. The van der Waals surface area contributed by atoms with E-state index in [9.17, 15) is 28.1 Å². The van der Waals surface area contributed by atoms with Gasteiger partial charge >= 0.3 is 6.18 Å². The molecule has 0 amide bonds. The number of aromatic amines is 1. The third-order valence-electron chi connectivity index (χ3n) is 4.51. The van der Waals surface area contributed by atoms with Gasteiger partial charge < -0.3 is 14.8 Å². The quantitative estimate of drug-likeness (QED) is 0.499. The highest BCUT2D eigenvalue weighted by Gasteiger charge is 2.42. The van der Waals surface area contributed by atoms with Gasteiger partial charge in [0.1, 0.15) is 5.82 Å². The highest BCUT2D eigenvalue weighted by Crippen LogP contribution is 2.33. The van der Waals surface area contributed by atoms with Crippen LogP contribution in [-0.4, -0.2) is 60.0 Å². The second-order valence-electron chi connectivity index (χ2n) is 6.37. The van der Waals surface area contributed by atoms with Crippen molar-refractivity contribution in [3.8, 4) is 11.3 Å². The summed E-state index contributed by atoms with van der Waals surface area (Å²) in [6.07, 6.45) is -4.99. The van der Waals surface area contributed by atoms with Crippen molar-refractivity contribution in [1.29, 1.82) is 0 Å². The number of halogens is 3. The van der Waals surface area contributed by atoms with E-state index in [0.29, 0.717) is 37.4 Å². The molecule has 0 atom stereocenters. The summed E-state index contributed by atoms with van der Waals surface area (Å²) in [5.41, 5.74) is 0.181. The first-order valence-electron chi connectivity index (χ1n) is 8.19. The molecule has 1 saturated heterocycles. The fourth-order valence-corrected chi connectivity index (χ4v) is 2.97. The maximum atomic E-state index is 13.0. The van der Waals surface area contributed by atoms with E-state index < -0.39 is 22.4 Å². The number of carbonyl (C=O) groups excluding carboxylic acids is 1. The Morgan fingerprint density at radius 2 is 1.74 bits per heavy atom. The van der Waals surface area contributed by atoms with Crippen molar-refractivity contribution < 1.29 is 22.9 Å². The molecule has 0 bridgehead atoms. The number of aromatic nitrogens is 1. The molecule has 0 radical (unpaired) electrons. The Kier molecular flexibility index (Phi) is 4.92. The maximum Gasteiger partial charge on any atom is 0.455 e. The number of Topliss-reactive ketones (excluding diaryl/α,β-unsaturated/α-hetero) is 1. The minimum atomic E-state index is -4.99. The number of hydrogen-bond acceptors (Lipinski definition) is 5. The van der Waals surface area contributed by atoms with Crippen molar-refractivity contribution in [3.05, 3.63) is 46.0 Å². The van der Waals surface area contributed by atoms with E-state index in [1.165, 1.54) is 24.3 Å². The van der Waals surface area contributed by atoms with Crippen LogP contribution >= 0.6 is 0 Å². The minimum absolute atomic E-state index is 0.124. The Bertz CT molecular complexity index is 853. The lowest BCUT2D eigenvalue weighted by molar-refractivity contribution is -0.384. The summed E-state index contributed by atoms with van der Waals surface area (Å²) in [7, 11) is 1.91. The number of hydrogen-bond donors (Lipinski definition) is 1. The van der Waals surface area contributed by atoms with Gasteiger partial charge in [-0.2, -0.15) is 13.2 Å². The molecule has 7 nitrogen and oxygen atoms in total. The summed E-state index contributed by atoms with van der Waals surface area (Å²) in [5.74, 6) is -1.79. The number of likely N-dealkylation sites (N-methyl/N-ethyl adjacent to an activating group) is 1. The van der Waals surface area contributed by atoms with Gasteiger partial charge in [0.2, 0.25) is 0 Å². The fraction of sp³-hybridized carbons (Fsp3) is 0.353. The van der Waals surface area contributed by atoms with Gasteiger partial charge in [0.15, 0.2) is 0 Å². The van der Waals surface area contributed by atoms with Crippen LogP contribution in [0.25, 0.3) is 11.3 Å². The normalized spacial score (nSPS) is 15.8. The van der Waals surface area contributed by atoms with Crippen molar-refractivity contribution in [2.45, 2.75) is 6.18 Å². The molecule has 0 unspecified atom stereocenters. The average molecular weight is 382 g/mol. The molecule has 2 aromatic rings. The van der Waals surface area contributed by atoms with E-state index in [4.69, 9.17) is 0 Å². The Morgan fingerprint density at radius 3 is 2.26 bits per heavy atom. The first-order valence-corrected chi connectivity index (χ1v) is 8.19. The zero-order valence-electron chi connectivity index (χ0n) is 14.4. The van der Waals surface area contributed by atoms with Gasteiger partial charge in [-0.25, -0.2) is 0 Å². The summed E-state index contributed by atoms with van der Waals surface area (Å²) in [6.45, 7) is 2.28. The van der Waals surface area contributed by atoms with Crippen LogP contribution in [-0.2, 0) is 0 Å². The number of nitrogens with one attached hydrogen (secondary N) is 1. The van der Waals surface area contributed by atoms with E-state index in [2.05, 4.69) is 4.98 Å². The van der Waals surface area contributed by atoms with Gasteiger partial charge in [0.05, 0.1) is 10.5 Å². The molecular formula is C17H17F3N4O3. The third-order valence-corrected chi connectivity index (χ3v) is 4.51. The van der Waals surface area contributed by atoms with E-state index in [1.54, 1.807) is 4.90 Å². The molecule has 1 aliphatic rings. The van der Waals surface area contributed by atoms with Crippen LogP contribution in [0, 0.1) is 10.1 Å². The predicted octanol–water partition coefficient (Wildman–Crippen LogP) is 3.09. The second-order valence-corrected chi connectivity index (χ2v) is 6.37. The maximum absolute atomic E-state index is 13.0. The Balaban J connectivity index is 2.01. The molecule has 2 heterocycles. The lowest BCUT2D eigenvalue weighted by Crippen LogP contribution is -2.45. The van der Waals surface area contributed by atoms with E-state index in [1.807, 2.05) is 11.9 Å². The number of nitrogens with zero attached hydrogens (tertiary/aromatic N) is 3. The summed E-state index contributed by atoms with van der Waals surface area (Å²) in [5, 5.41) is 10.8. The van der Waals surface area contributed by atoms with Crippen molar-refractivity contribution in [1.82, 2.24) is 9.88 Å². The topological polar surface area (TPSA) is 82.5 Å². The molecule has 0 saturated carbocycles. The number of anilines is 1. The number of nitro benzene ring substituents is 1. The number of piperazine rings is 1. The van der Waals surface area contributed by atoms with Gasteiger partial charge in [-0.05, 0) is 30.8 Å². The number of benzene rings is 1. The van der Waals surface area contributed by atoms with Gasteiger partial charge in [-0.3, -0.25) is 14.9 Å². The highest BCUT2D eigenvalue weighted by atomic mass is 19.4. The lowest BCUT2D eigenvalue weighted by atomic mass is 10.1. The largest absolute Gasteiger partial charge is 0.455 e. The molecule has 1 fully saturated rings. The molecule has 10 heteroatoms. The number of alkyl halides is 3. The SMILES string of the molecule is CN1CCN(c2[nH]c(-c3ccc([N+](=O)[O-])cc3)cc2C(=O)C(F)(F)F)CC1. The molecule has 144 valence electrons. The molecule has 1 N–H and O–H groups in total. The molecule has 1 aromatic heterocycles. The van der Waals surface area contributed by atoms with Gasteiger partial charge in [-0.1, -0.05) is 0 Å². The van der Waals surface area contributed by atoms with Gasteiger partial charge in [0.25, 0.3) is 11.5 Å². The first-order chi connectivity index (χ1) is 12.7. The van der Waals surface area contributed by atoms with Crippen LogP contribution < -0.4 is 4.90 Å². The zero-order chi connectivity index (χ0) is 19.8. The van der Waals surface area contributed by atoms with Crippen molar-refractivity contribution in [2.75, 3.05) is 38.1 Å². The summed E-state index contributed by atoms with van der Waals surface area (Å²) in [6, 6.07) is 6.54. The van der Waals surface area contributed by atoms with Crippen LogP contribution in [0.3, 0.4) is 0 Å². The van der Waals surface area contributed by atoms with Gasteiger partial charge in [-0.15, -0.1) is 0 Å². The summed E-state index contributed by atoms with van der Waals surface area (Å²) < 4.78 is 39.1.